The third kappa shape index (κ3) is 6.80. The van der Waals surface area contributed by atoms with Crippen LogP contribution in [0.4, 0.5) is 0 Å². The number of methoxy groups -OCH3 is 1. The minimum Gasteiger partial charge on any atom is -0.490 e. The highest BCUT2D eigenvalue weighted by atomic mass is 16.5. The van der Waals surface area contributed by atoms with Crippen molar-refractivity contribution in [2.75, 3.05) is 33.5 Å². The van der Waals surface area contributed by atoms with E-state index in [4.69, 9.17) is 14.2 Å². The molecule has 0 aliphatic heterocycles. The van der Waals surface area contributed by atoms with Gasteiger partial charge < -0.3 is 24.6 Å². The normalized spacial score (nSPS) is 12.2. The molecular weight excluding hydrogens is 270 g/mol. The summed E-state index contributed by atoms with van der Waals surface area (Å²) in [6.45, 7) is 6.88. The average molecular weight is 297 g/mol. The Balaban J connectivity index is 2.65. The predicted molar refractivity (Wildman–Crippen MR) is 83.0 cm³/mol. The Hall–Kier alpha value is -1.30. The standard InChI is InChI=1S/C16H27NO4/c1-4-8-17-10-13-6-7-15(16(9-13)20-5-2)21-12-14(18)11-19-3/h6-7,9,14,17-18H,4-5,8,10-12H2,1-3H3. The Kier molecular flexibility index (Phi) is 8.82. The number of benzene rings is 1. The summed E-state index contributed by atoms with van der Waals surface area (Å²) in [5.74, 6) is 1.35. The zero-order valence-electron chi connectivity index (χ0n) is 13.2. The summed E-state index contributed by atoms with van der Waals surface area (Å²) >= 11 is 0. The van der Waals surface area contributed by atoms with E-state index in [1.54, 1.807) is 7.11 Å². The van der Waals surface area contributed by atoms with E-state index in [-0.39, 0.29) is 13.2 Å². The van der Waals surface area contributed by atoms with E-state index in [1.165, 1.54) is 0 Å². The van der Waals surface area contributed by atoms with Crippen molar-refractivity contribution in [1.82, 2.24) is 5.32 Å². The predicted octanol–water partition coefficient (Wildman–Crippen LogP) is 1.97. The molecule has 2 N–H and O–H groups in total. The van der Waals surface area contributed by atoms with E-state index in [0.717, 1.165) is 25.1 Å². The van der Waals surface area contributed by atoms with Gasteiger partial charge in [0, 0.05) is 13.7 Å². The van der Waals surface area contributed by atoms with E-state index in [1.807, 2.05) is 25.1 Å². The Morgan fingerprint density at radius 1 is 1.14 bits per heavy atom. The maximum absolute atomic E-state index is 9.63. The van der Waals surface area contributed by atoms with Crippen LogP contribution in [-0.2, 0) is 11.3 Å². The lowest BCUT2D eigenvalue weighted by Gasteiger charge is -2.15. The van der Waals surface area contributed by atoms with Crippen LogP contribution >= 0.6 is 0 Å². The molecule has 1 rings (SSSR count). The zero-order chi connectivity index (χ0) is 15.5. The number of nitrogens with one attached hydrogen (secondary N) is 1. The van der Waals surface area contributed by atoms with Crippen molar-refractivity contribution >= 4 is 0 Å². The fourth-order valence-corrected chi connectivity index (χ4v) is 1.89. The molecule has 0 spiro atoms. The van der Waals surface area contributed by atoms with Gasteiger partial charge in [-0.15, -0.1) is 0 Å². The lowest BCUT2D eigenvalue weighted by atomic mass is 10.2. The first-order valence-corrected chi connectivity index (χ1v) is 7.47. The molecule has 0 aromatic heterocycles. The van der Waals surface area contributed by atoms with Crippen LogP contribution in [0.2, 0.25) is 0 Å². The zero-order valence-corrected chi connectivity index (χ0v) is 13.2. The summed E-state index contributed by atoms with van der Waals surface area (Å²) in [4.78, 5) is 0. The Labute approximate surface area is 127 Å². The van der Waals surface area contributed by atoms with Crippen LogP contribution < -0.4 is 14.8 Å². The molecule has 0 saturated carbocycles. The molecule has 1 atom stereocenters. The SMILES string of the molecule is CCCNCc1ccc(OCC(O)COC)c(OCC)c1. The lowest BCUT2D eigenvalue weighted by Crippen LogP contribution is -2.22. The Morgan fingerprint density at radius 2 is 1.95 bits per heavy atom. The van der Waals surface area contributed by atoms with Gasteiger partial charge in [-0.05, 0) is 37.6 Å². The first-order valence-electron chi connectivity index (χ1n) is 7.47. The molecule has 0 aliphatic rings. The number of aliphatic hydroxyl groups excluding tert-OH is 1. The smallest absolute Gasteiger partial charge is 0.161 e. The number of hydrogen-bond donors (Lipinski definition) is 2. The fraction of sp³-hybridized carbons (Fsp3) is 0.625. The summed E-state index contributed by atoms with van der Waals surface area (Å²) in [7, 11) is 1.55. The van der Waals surface area contributed by atoms with Crippen molar-refractivity contribution in [1.29, 1.82) is 0 Å². The van der Waals surface area contributed by atoms with Crippen LogP contribution in [0.25, 0.3) is 0 Å². The molecule has 0 fully saturated rings. The van der Waals surface area contributed by atoms with E-state index >= 15 is 0 Å². The van der Waals surface area contributed by atoms with Crippen LogP contribution in [0.3, 0.4) is 0 Å². The van der Waals surface area contributed by atoms with E-state index in [0.29, 0.717) is 18.1 Å². The minimum absolute atomic E-state index is 0.182. The molecular formula is C16H27NO4. The van der Waals surface area contributed by atoms with Crippen LogP contribution in [0.15, 0.2) is 18.2 Å². The third-order valence-corrected chi connectivity index (χ3v) is 2.85. The van der Waals surface area contributed by atoms with Gasteiger partial charge in [-0.2, -0.15) is 0 Å². The number of ether oxygens (including phenoxy) is 3. The first-order chi connectivity index (χ1) is 10.2. The summed E-state index contributed by atoms with van der Waals surface area (Å²) < 4.78 is 16.1. The monoisotopic (exact) mass is 297 g/mol. The Bertz CT molecular complexity index is 398. The molecule has 1 aromatic rings. The molecule has 0 heterocycles. The van der Waals surface area contributed by atoms with Gasteiger partial charge in [-0.3, -0.25) is 0 Å². The number of rotatable bonds is 11. The molecule has 0 saturated heterocycles. The summed E-state index contributed by atoms with van der Waals surface area (Å²) in [6.07, 6.45) is 0.465. The van der Waals surface area contributed by atoms with Crippen LogP contribution in [-0.4, -0.2) is 44.7 Å². The first kappa shape index (κ1) is 17.8. The molecule has 1 unspecified atom stereocenters. The second-order valence-corrected chi connectivity index (χ2v) is 4.81. The molecule has 0 amide bonds. The van der Waals surface area contributed by atoms with E-state index < -0.39 is 6.10 Å². The number of hydrogen-bond acceptors (Lipinski definition) is 5. The maximum atomic E-state index is 9.63. The van der Waals surface area contributed by atoms with Crippen molar-refractivity contribution in [3.05, 3.63) is 23.8 Å². The van der Waals surface area contributed by atoms with Gasteiger partial charge in [-0.25, -0.2) is 0 Å². The lowest BCUT2D eigenvalue weighted by molar-refractivity contribution is 0.0318. The highest BCUT2D eigenvalue weighted by Crippen LogP contribution is 2.28. The molecule has 0 radical (unpaired) electrons. The third-order valence-electron chi connectivity index (χ3n) is 2.85. The van der Waals surface area contributed by atoms with Gasteiger partial charge in [0.05, 0.1) is 13.2 Å². The van der Waals surface area contributed by atoms with Crippen molar-refractivity contribution < 1.29 is 19.3 Å². The largest absolute Gasteiger partial charge is 0.490 e. The minimum atomic E-state index is -0.643. The molecule has 21 heavy (non-hydrogen) atoms. The van der Waals surface area contributed by atoms with Crippen molar-refractivity contribution in [3.8, 4) is 11.5 Å². The second-order valence-electron chi connectivity index (χ2n) is 4.81. The summed E-state index contributed by atoms with van der Waals surface area (Å²) in [5.41, 5.74) is 1.15. The van der Waals surface area contributed by atoms with Crippen LogP contribution in [0.1, 0.15) is 25.8 Å². The molecule has 5 nitrogen and oxygen atoms in total. The quantitative estimate of drug-likeness (QED) is 0.612. The van der Waals surface area contributed by atoms with E-state index in [2.05, 4.69) is 12.2 Å². The summed E-state index contributed by atoms with van der Waals surface area (Å²) in [6, 6.07) is 5.86. The second kappa shape index (κ2) is 10.4. The average Bonchev–Trinajstić information content (AvgIpc) is 2.47. The molecule has 0 bridgehead atoms. The fourth-order valence-electron chi connectivity index (χ4n) is 1.89. The topological polar surface area (TPSA) is 60.0 Å². The highest BCUT2D eigenvalue weighted by molar-refractivity contribution is 5.43. The van der Waals surface area contributed by atoms with Gasteiger partial charge in [0.2, 0.25) is 0 Å². The highest BCUT2D eigenvalue weighted by Gasteiger charge is 2.10. The van der Waals surface area contributed by atoms with Crippen LogP contribution in [0, 0.1) is 0 Å². The van der Waals surface area contributed by atoms with Gasteiger partial charge in [0.15, 0.2) is 11.5 Å². The van der Waals surface area contributed by atoms with Crippen LogP contribution in [0.5, 0.6) is 11.5 Å². The van der Waals surface area contributed by atoms with Gasteiger partial charge >= 0.3 is 0 Å². The number of aliphatic hydroxyl groups is 1. The van der Waals surface area contributed by atoms with Gasteiger partial charge in [0.25, 0.3) is 0 Å². The maximum Gasteiger partial charge on any atom is 0.161 e. The molecule has 1 aromatic carbocycles. The van der Waals surface area contributed by atoms with Crippen molar-refractivity contribution in [3.63, 3.8) is 0 Å². The van der Waals surface area contributed by atoms with Crippen molar-refractivity contribution in [2.45, 2.75) is 32.9 Å². The van der Waals surface area contributed by atoms with E-state index in [9.17, 15) is 5.11 Å². The summed E-state index contributed by atoms with van der Waals surface area (Å²) in [5, 5.41) is 13.0. The molecule has 120 valence electrons. The Morgan fingerprint density at radius 3 is 2.62 bits per heavy atom. The van der Waals surface area contributed by atoms with Gasteiger partial charge in [-0.1, -0.05) is 13.0 Å². The molecule has 0 aliphatic carbocycles. The molecule has 5 heteroatoms. The van der Waals surface area contributed by atoms with Gasteiger partial charge in [0.1, 0.15) is 12.7 Å². The van der Waals surface area contributed by atoms with Crippen molar-refractivity contribution in [2.24, 2.45) is 0 Å².